The number of hydrogen-bond acceptors (Lipinski definition) is 5. The highest BCUT2D eigenvalue weighted by molar-refractivity contribution is 6.31. The fraction of sp³-hybridized carbons (Fsp3) is 0.318. The molecule has 0 spiro atoms. The monoisotopic (exact) mass is 427 g/mol. The second-order valence-electron chi connectivity index (χ2n) is 7.39. The summed E-state index contributed by atoms with van der Waals surface area (Å²) in [5.41, 5.74) is 1.75. The van der Waals surface area contributed by atoms with Gasteiger partial charge in [0, 0.05) is 42.6 Å². The van der Waals surface area contributed by atoms with E-state index in [2.05, 4.69) is 10.2 Å². The average Bonchev–Trinajstić information content (AvgIpc) is 3.34. The molecule has 2 heterocycles. The van der Waals surface area contributed by atoms with E-state index in [0.29, 0.717) is 22.8 Å². The van der Waals surface area contributed by atoms with Crippen LogP contribution >= 0.6 is 11.6 Å². The largest absolute Gasteiger partial charge is 0.495 e. The molecule has 2 aromatic rings. The maximum absolute atomic E-state index is 12.8. The van der Waals surface area contributed by atoms with Gasteiger partial charge in [0.15, 0.2) is 0 Å². The third kappa shape index (κ3) is 3.98. The quantitative estimate of drug-likeness (QED) is 0.742. The molecule has 2 aliphatic heterocycles. The summed E-state index contributed by atoms with van der Waals surface area (Å²) < 4.78 is 5.43. The van der Waals surface area contributed by atoms with E-state index < -0.39 is 0 Å². The number of hydrogen-bond donors (Lipinski definition) is 1. The van der Waals surface area contributed by atoms with E-state index in [4.69, 9.17) is 16.3 Å². The lowest BCUT2D eigenvalue weighted by molar-refractivity contribution is -0.121. The van der Waals surface area contributed by atoms with Gasteiger partial charge in [0.25, 0.3) is 5.91 Å². The fourth-order valence-corrected chi connectivity index (χ4v) is 4.09. The van der Waals surface area contributed by atoms with Crippen molar-refractivity contribution < 1.29 is 19.1 Å². The minimum atomic E-state index is -0.237. The Morgan fingerprint density at radius 2 is 1.90 bits per heavy atom. The number of halogens is 1. The summed E-state index contributed by atoms with van der Waals surface area (Å²) in [4.78, 5) is 40.0. The Kier molecular flexibility index (Phi) is 5.63. The molecule has 1 N–H and O–H groups in total. The van der Waals surface area contributed by atoms with Gasteiger partial charge in [-0.1, -0.05) is 17.7 Å². The summed E-state index contributed by atoms with van der Waals surface area (Å²) >= 11 is 6.14. The molecule has 2 saturated heterocycles. The molecule has 2 fully saturated rings. The topological polar surface area (TPSA) is 79.0 Å². The van der Waals surface area contributed by atoms with Crippen LogP contribution in [0.4, 0.5) is 11.4 Å². The van der Waals surface area contributed by atoms with Crippen molar-refractivity contribution in [3.63, 3.8) is 0 Å². The molecule has 7 nitrogen and oxygen atoms in total. The number of imide groups is 1. The number of rotatable bonds is 5. The van der Waals surface area contributed by atoms with Gasteiger partial charge < -0.3 is 15.0 Å². The summed E-state index contributed by atoms with van der Waals surface area (Å²) in [5, 5.41) is 3.67. The Balaban J connectivity index is 1.44. The van der Waals surface area contributed by atoms with Gasteiger partial charge in [-0.05, 0) is 42.8 Å². The predicted octanol–water partition coefficient (Wildman–Crippen LogP) is 3.01. The van der Waals surface area contributed by atoms with Gasteiger partial charge in [0.05, 0.1) is 18.5 Å². The molecule has 156 valence electrons. The highest BCUT2D eigenvalue weighted by Gasteiger charge is 2.31. The van der Waals surface area contributed by atoms with Crippen LogP contribution in [0, 0.1) is 0 Å². The Morgan fingerprint density at radius 3 is 2.63 bits per heavy atom. The molecule has 8 heteroatoms. The standard InChI is InChI=1S/C22H22ClN3O4/c1-30-19-6-5-15(23)12-18(19)25-10-9-16(13-25)24-22(29)14-3-2-4-17(11-14)26-20(27)7-8-21(26)28/h2-6,11-12,16H,7-10,13H2,1H3,(H,24,29)/t16-/m0/s1. The van der Waals surface area contributed by atoms with Crippen molar-refractivity contribution in [1.29, 1.82) is 0 Å². The minimum Gasteiger partial charge on any atom is -0.495 e. The lowest BCUT2D eigenvalue weighted by Crippen LogP contribution is -2.37. The molecule has 0 aliphatic carbocycles. The lowest BCUT2D eigenvalue weighted by atomic mass is 10.1. The zero-order valence-electron chi connectivity index (χ0n) is 16.6. The Hall–Kier alpha value is -3.06. The number of amides is 3. The van der Waals surface area contributed by atoms with Gasteiger partial charge in [-0.2, -0.15) is 0 Å². The number of nitrogens with zero attached hydrogens (tertiary/aromatic N) is 2. The number of benzene rings is 2. The maximum Gasteiger partial charge on any atom is 0.251 e. The lowest BCUT2D eigenvalue weighted by Gasteiger charge is -2.22. The van der Waals surface area contributed by atoms with Crippen molar-refractivity contribution in [1.82, 2.24) is 5.32 Å². The smallest absolute Gasteiger partial charge is 0.251 e. The van der Waals surface area contributed by atoms with Crippen LogP contribution < -0.4 is 19.9 Å². The molecule has 3 amide bonds. The van der Waals surface area contributed by atoms with Crippen LogP contribution in [0.25, 0.3) is 0 Å². The number of anilines is 2. The molecular weight excluding hydrogens is 406 g/mol. The third-order valence-electron chi connectivity index (χ3n) is 5.42. The number of carbonyl (C=O) groups is 3. The normalized spacial score (nSPS) is 18.8. The zero-order chi connectivity index (χ0) is 21.3. The molecule has 4 rings (SSSR count). The summed E-state index contributed by atoms with van der Waals surface area (Å²) in [5.74, 6) is 0.0267. The molecule has 1 atom stereocenters. The van der Waals surface area contributed by atoms with Gasteiger partial charge in [-0.15, -0.1) is 0 Å². The number of carbonyl (C=O) groups excluding carboxylic acids is 3. The van der Waals surface area contributed by atoms with E-state index in [1.54, 1.807) is 37.4 Å². The summed E-state index contributed by atoms with van der Waals surface area (Å²) in [6, 6.07) is 12.0. The molecule has 0 bridgehead atoms. The van der Waals surface area contributed by atoms with Crippen LogP contribution in [0.5, 0.6) is 5.75 Å². The van der Waals surface area contributed by atoms with Crippen molar-refractivity contribution >= 4 is 40.7 Å². The van der Waals surface area contributed by atoms with Crippen molar-refractivity contribution in [2.45, 2.75) is 25.3 Å². The third-order valence-corrected chi connectivity index (χ3v) is 5.66. The highest BCUT2D eigenvalue weighted by atomic mass is 35.5. The van der Waals surface area contributed by atoms with Gasteiger partial charge in [-0.25, -0.2) is 0 Å². The molecule has 0 saturated carbocycles. The predicted molar refractivity (Wildman–Crippen MR) is 114 cm³/mol. The van der Waals surface area contributed by atoms with Crippen LogP contribution in [0.2, 0.25) is 5.02 Å². The van der Waals surface area contributed by atoms with E-state index in [9.17, 15) is 14.4 Å². The average molecular weight is 428 g/mol. The first-order valence-electron chi connectivity index (χ1n) is 9.81. The van der Waals surface area contributed by atoms with Crippen LogP contribution in [-0.4, -0.2) is 44.0 Å². The van der Waals surface area contributed by atoms with E-state index in [0.717, 1.165) is 29.3 Å². The maximum atomic E-state index is 12.8. The molecule has 2 aromatic carbocycles. The first-order chi connectivity index (χ1) is 14.5. The minimum absolute atomic E-state index is 0.0418. The molecule has 2 aliphatic rings. The van der Waals surface area contributed by atoms with Gasteiger partial charge in [-0.3, -0.25) is 19.3 Å². The van der Waals surface area contributed by atoms with Crippen molar-refractivity contribution in [2.24, 2.45) is 0 Å². The van der Waals surface area contributed by atoms with Gasteiger partial charge >= 0.3 is 0 Å². The van der Waals surface area contributed by atoms with Crippen LogP contribution in [-0.2, 0) is 9.59 Å². The van der Waals surface area contributed by atoms with Gasteiger partial charge in [0.1, 0.15) is 5.75 Å². The summed E-state index contributed by atoms with van der Waals surface area (Å²) in [7, 11) is 1.62. The van der Waals surface area contributed by atoms with Crippen molar-refractivity contribution in [2.75, 3.05) is 30.0 Å². The Bertz CT molecular complexity index is 994. The van der Waals surface area contributed by atoms with Crippen molar-refractivity contribution in [3.05, 3.63) is 53.1 Å². The van der Waals surface area contributed by atoms with E-state index in [-0.39, 0.29) is 36.6 Å². The Morgan fingerprint density at radius 1 is 1.13 bits per heavy atom. The van der Waals surface area contributed by atoms with E-state index in [1.165, 1.54) is 0 Å². The molecule has 0 radical (unpaired) electrons. The molecule has 0 unspecified atom stereocenters. The first-order valence-corrected chi connectivity index (χ1v) is 10.2. The zero-order valence-corrected chi connectivity index (χ0v) is 17.3. The van der Waals surface area contributed by atoms with Crippen LogP contribution in [0.3, 0.4) is 0 Å². The summed E-state index contributed by atoms with van der Waals surface area (Å²) in [6.07, 6.45) is 1.20. The molecule has 30 heavy (non-hydrogen) atoms. The number of methoxy groups -OCH3 is 1. The highest BCUT2D eigenvalue weighted by Crippen LogP contribution is 2.33. The summed E-state index contributed by atoms with van der Waals surface area (Å²) in [6.45, 7) is 1.39. The first kappa shape index (κ1) is 20.2. The molecule has 0 aromatic heterocycles. The van der Waals surface area contributed by atoms with Crippen molar-refractivity contribution in [3.8, 4) is 5.75 Å². The van der Waals surface area contributed by atoms with E-state index in [1.807, 2.05) is 12.1 Å². The van der Waals surface area contributed by atoms with Gasteiger partial charge in [0.2, 0.25) is 11.8 Å². The number of nitrogens with one attached hydrogen (secondary N) is 1. The molecular formula is C22H22ClN3O4. The second kappa shape index (κ2) is 8.36. The number of ether oxygens (including phenoxy) is 1. The SMILES string of the molecule is COc1ccc(Cl)cc1N1CC[C@H](NC(=O)c2cccc(N3C(=O)CCC3=O)c2)C1. The Labute approximate surface area is 179 Å². The van der Waals surface area contributed by atoms with E-state index >= 15 is 0 Å². The fourth-order valence-electron chi connectivity index (χ4n) is 3.93. The van der Waals surface area contributed by atoms with Crippen LogP contribution in [0.15, 0.2) is 42.5 Å². The van der Waals surface area contributed by atoms with Crippen LogP contribution in [0.1, 0.15) is 29.6 Å². The second-order valence-corrected chi connectivity index (χ2v) is 7.83.